The zero-order valence-corrected chi connectivity index (χ0v) is 10.5. The first-order valence-electron chi connectivity index (χ1n) is 6.35. The molecule has 1 aliphatic heterocycles. The van der Waals surface area contributed by atoms with Crippen LogP contribution in [0.5, 0.6) is 0 Å². The number of rotatable bonds is 2. The molecule has 0 aromatic carbocycles. The van der Waals surface area contributed by atoms with Crippen molar-refractivity contribution in [3.05, 3.63) is 36.0 Å². The molecule has 2 aromatic rings. The summed E-state index contributed by atoms with van der Waals surface area (Å²) in [5.74, 6) is 1.58. The minimum Gasteiger partial charge on any atom is -0.355 e. The number of aromatic nitrogens is 4. The minimum atomic E-state index is 0.598. The molecule has 0 radical (unpaired) electrons. The molecule has 0 atom stereocenters. The lowest BCUT2D eigenvalue weighted by molar-refractivity contribution is 0.491. The largest absolute Gasteiger partial charge is 0.355 e. The fourth-order valence-electron chi connectivity index (χ4n) is 2.62. The summed E-state index contributed by atoms with van der Waals surface area (Å²) in [7, 11) is 0. The molecule has 0 unspecified atom stereocenters. The molecule has 0 aliphatic carbocycles. The van der Waals surface area contributed by atoms with E-state index in [1.807, 2.05) is 12.4 Å². The van der Waals surface area contributed by atoms with Crippen LogP contribution in [0.1, 0.15) is 30.0 Å². The van der Waals surface area contributed by atoms with E-state index in [9.17, 15) is 0 Å². The maximum Gasteiger partial charge on any atom is 0.147 e. The Balaban J connectivity index is 1.67. The topological polar surface area (TPSA) is 57.7 Å². The number of H-pyrrole nitrogens is 1. The van der Waals surface area contributed by atoms with E-state index in [0.717, 1.165) is 31.7 Å². The normalized spacial score (nSPS) is 17.1. The van der Waals surface area contributed by atoms with E-state index in [-0.39, 0.29) is 0 Å². The lowest BCUT2D eigenvalue weighted by Crippen LogP contribution is -2.33. The lowest BCUT2D eigenvalue weighted by atomic mass is 9.92. The van der Waals surface area contributed by atoms with Gasteiger partial charge in [0.1, 0.15) is 5.82 Å². The second-order valence-corrected chi connectivity index (χ2v) is 4.79. The second kappa shape index (κ2) is 4.76. The summed E-state index contributed by atoms with van der Waals surface area (Å²) < 4.78 is 0. The summed E-state index contributed by atoms with van der Waals surface area (Å²) in [5.41, 5.74) is 2.57. The minimum absolute atomic E-state index is 0.598. The Morgan fingerprint density at radius 3 is 2.67 bits per heavy atom. The fraction of sp³-hybridized carbons (Fsp3) is 0.462. The third-order valence-corrected chi connectivity index (χ3v) is 3.64. The summed E-state index contributed by atoms with van der Waals surface area (Å²) in [4.78, 5) is 10.8. The number of aryl methyl sites for hydroxylation is 1. The van der Waals surface area contributed by atoms with Crippen molar-refractivity contribution in [3.8, 4) is 0 Å². The van der Waals surface area contributed by atoms with Crippen molar-refractivity contribution in [2.24, 2.45) is 0 Å². The molecule has 0 spiro atoms. The maximum atomic E-state index is 4.35. The third kappa shape index (κ3) is 2.08. The lowest BCUT2D eigenvalue weighted by Gasteiger charge is -2.32. The van der Waals surface area contributed by atoms with Crippen molar-refractivity contribution in [2.45, 2.75) is 25.7 Å². The zero-order chi connectivity index (χ0) is 12.4. The molecule has 0 bridgehead atoms. The molecule has 18 heavy (non-hydrogen) atoms. The van der Waals surface area contributed by atoms with Gasteiger partial charge in [0.15, 0.2) is 0 Å². The third-order valence-electron chi connectivity index (χ3n) is 3.64. The van der Waals surface area contributed by atoms with Gasteiger partial charge in [-0.25, -0.2) is 4.98 Å². The molecule has 1 N–H and O–H groups in total. The number of aromatic amines is 1. The molecule has 2 aromatic heterocycles. The van der Waals surface area contributed by atoms with E-state index in [1.165, 1.54) is 11.3 Å². The predicted octanol–water partition coefficient (Wildman–Crippen LogP) is 1.89. The molecule has 5 heteroatoms. The van der Waals surface area contributed by atoms with Crippen LogP contribution in [0, 0.1) is 6.92 Å². The van der Waals surface area contributed by atoms with Crippen molar-refractivity contribution >= 4 is 5.82 Å². The van der Waals surface area contributed by atoms with Crippen LogP contribution in [-0.2, 0) is 0 Å². The molecule has 3 rings (SSSR count). The highest BCUT2D eigenvalue weighted by Crippen LogP contribution is 2.29. The van der Waals surface area contributed by atoms with E-state index in [0.29, 0.717) is 5.92 Å². The molecule has 3 heterocycles. The van der Waals surface area contributed by atoms with E-state index in [4.69, 9.17) is 0 Å². The van der Waals surface area contributed by atoms with Gasteiger partial charge < -0.3 is 4.90 Å². The Kier molecular flexibility index (Phi) is 2.96. The molecule has 1 aliphatic rings. The van der Waals surface area contributed by atoms with Gasteiger partial charge in [-0.15, -0.1) is 0 Å². The van der Waals surface area contributed by atoms with Gasteiger partial charge in [0.2, 0.25) is 0 Å². The predicted molar refractivity (Wildman–Crippen MR) is 69.5 cm³/mol. The SMILES string of the molecule is Cc1cn[nH]c1C1CCN(c2cnccn2)CC1. The number of hydrogen-bond donors (Lipinski definition) is 1. The molecular weight excluding hydrogens is 226 g/mol. The van der Waals surface area contributed by atoms with Crippen molar-refractivity contribution in [1.29, 1.82) is 0 Å². The van der Waals surface area contributed by atoms with Crippen molar-refractivity contribution < 1.29 is 0 Å². The molecular formula is C13H17N5. The molecule has 5 nitrogen and oxygen atoms in total. The van der Waals surface area contributed by atoms with E-state index < -0.39 is 0 Å². The van der Waals surface area contributed by atoms with Crippen LogP contribution >= 0.6 is 0 Å². The Hall–Kier alpha value is -1.91. The first kappa shape index (κ1) is 11.2. The van der Waals surface area contributed by atoms with Crippen LogP contribution in [0.2, 0.25) is 0 Å². The van der Waals surface area contributed by atoms with Gasteiger partial charge in [-0.2, -0.15) is 5.10 Å². The molecule has 1 fully saturated rings. The highest BCUT2D eigenvalue weighted by Gasteiger charge is 2.23. The summed E-state index contributed by atoms with van der Waals surface area (Å²) in [5, 5.41) is 7.25. The summed E-state index contributed by atoms with van der Waals surface area (Å²) >= 11 is 0. The quantitative estimate of drug-likeness (QED) is 0.875. The monoisotopic (exact) mass is 243 g/mol. The molecule has 0 saturated carbocycles. The Bertz CT molecular complexity index is 499. The van der Waals surface area contributed by atoms with E-state index in [1.54, 1.807) is 12.4 Å². The van der Waals surface area contributed by atoms with Crippen LogP contribution < -0.4 is 4.90 Å². The van der Waals surface area contributed by atoms with Gasteiger partial charge in [-0.1, -0.05) is 0 Å². The van der Waals surface area contributed by atoms with Crippen LogP contribution in [0.4, 0.5) is 5.82 Å². The van der Waals surface area contributed by atoms with Gasteiger partial charge >= 0.3 is 0 Å². The van der Waals surface area contributed by atoms with Crippen LogP contribution in [0.25, 0.3) is 0 Å². The average molecular weight is 243 g/mol. The Labute approximate surface area is 106 Å². The Morgan fingerprint density at radius 2 is 2.06 bits per heavy atom. The molecule has 94 valence electrons. The zero-order valence-electron chi connectivity index (χ0n) is 10.5. The first-order valence-corrected chi connectivity index (χ1v) is 6.35. The summed E-state index contributed by atoms with van der Waals surface area (Å²) in [6.07, 6.45) is 9.48. The van der Waals surface area contributed by atoms with Gasteiger partial charge in [-0.3, -0.25) is 10.1 Å². The number of hydrogen-bond acceptors (Lipinski definition) is 4. The Morgan fingerprint density at radius 1 is 1.22 bits per heavy atom. The first-order chi connectivity index (χ1) is 8.84. The molecule has 1 saturated heterocycles. The van der Waals surface area contributed by atoms with Gasteiger partial charge in [0.05, 0.1) is 12.4 Å². The number of nitrogens with zero attached hydrogens (tertiary/aromatic N) is 4. The fourth-order valence-corrected chi connectivity index (χ4v) is 2.62. The van der Waals surface area contributed by atoms with Gasteiger partial charge in [0.25, 0.3) is 0 Å². The van der Waals surface area contributed by atoms with Crippen molar-refractivity contribution in [2.75, 3.05) is 18.0 Å². The van der Waals surface area contributed by atoms with Crippen LogP contribution in [-0.4, -0.2) is 33.3 Å². The standard InChI is InChI=1S/C13H17N5/c1-10-8-16-17-13(10)11-2-6-18(7-3-11)12-9-14-4-5-15-12/h4-5,8-9,11H,2-3,6-7H2,1H3,(H,16,17). The summed E-state index contributed by atoms with van der Waals surface area (Å²) in [6.45, 7) is 4.18. The van der Waals surface area contributed by atoms with E-state index in [2.05, 4.69) is 32.0 Å². The number of anilines is 1. The van der Waals surface area contributed by atoms with Gasteiger partial charge in [0, 0.05) is 37.1 Å². The van der Waals surface area contributed by atoms with Crippen LogP contribution in [0.3, 0.4) is 0 Å². The average Bonchev–Trinajstić information content (AvgIpc) is 2.86. The number of nitrogens with one attached hydrogen (secondary N) is 1. The van der Waals surface area contributed by atoms with Crippen molar-refractivity contribution in [3.63, 3.8) is 0 Å². The molecule has 0 amide bonds. The smallest absolute Gasteiger partial charge is 0.147 e. The van der Waals surface area contributed by atoms with E-state index >= 15 is 0 Å². The highest BCUT2D eigenvalue weighted by atomic mass is 15.2. The van der Waals surface area contributed by atoms with Crippen molar-refractivity contribution in [1.82, 2.24) is 20.2 Å². The van der Waals surface area contributed by atoms with Crippen LogP contribution in [0.15, 0.2) is 24.8 Å². The maximum absolute atomic E-state index is 4.35. The number of piperidine rings is 1. The second-order valence-electron chi connectivity index (χ2n) is 4.79. The van der Waals surface area contributed by atoms with Gasteiger partial charge in [-0.05, 0) is 25.3 Å². The summed E-state index contributed by atoms with van der Waals surface area (Å²) in [6, 6.07) is 0. The highest BCUT2D eigenvalue weighted by molar-refractivity contribution is 5.36.